The summed E-state index contributed by atoms with van der Waals surface area (Å²) < 4.78 is 0. The van der Waals surface area contributed by atoms with Crippen molar-refractivity contribution in [2.45, 2.75) is 12.8 Å². The Bertz CT molecular complexity index is 887. The molecule has 0 bridgehead atoms. The van der Waals surface area contributed by atoms with Crippen molar-refractivity contribution in [3.05, 3.63) is 107 Å². The van der Waals surface area contributed by atoms with Crippen molar-refractivity contribution in [3.63, 3.8) is 0 Å². The van der Waals surface area contributed by atoms with E-state index < -0.39 is 5.92 Å². The van der Waals surface area contributed by atoms with Gasteiger partial charge in [0, 0.05) is 16.5 Å². The van der Waals surface area contributed by atoms with Crippen LogP contribution in [0.15, 0.2) is 84.9 Å². The molecule has 0 amide bonds. The van der Waals surface area contributed by atoms with E-state index in [0.29, 0.717) is 10.6 Å². The van der Waals surface area contributed by atoms with E-state index in [1.54, 1.807) is 24.3 Å². The smallest absolute Gasteiger partial charge is 0.174 e. The first-order chi connectivity index (χ1) is 12.6. The Balaban J connectivity index is 2.12. The van der Waals surface area contributed by atoms with Crippen LogP contribution in [0.1, 0.15) is 34.3 Å². The van der Waals surface area contributed by atoms with E-state index in [1.165, 1.54) is 6.92 Å². The first-order valence-corrected chi connectivity index (χ1v) is 8.86. The highest BCUT2D eigenvalue weighted by atomic mass is 35.5. The van der Waals surface area contributed by atoms with Gasteiger partial charge in [-0.2, -0.15) is 0 Å². The van der Waals surface area contributed by atoms with Crippen LogP contribution in [0.25, 0.3) is 0 Å². The molecule has 0 N–H and O–H groups in total. The van der Waals surface area contributed by atoms with Gasteiger partial charge in [-0.3, -0.25) is 9.59 Å². The second-order valence-corrected chi connectivity index (χ2v) is 6.69. The molecule has 130 valence electrons. The molecule has 2 atom stereocenters. The minimum atomic E-state index is -0.791. The van der Waals surface area contributed by atoms with E-state index in [1.807, 2.05) is 60.7 Å². The van der Waals surface area contributed by atoms with E-state index in [9.17, 15) is 9.59 Å². The van der Waals surface area contributed by atoms with Gasteiger partial charge in [-0.05, 0) is 30.2 Å². The summed E-state index contributed by atoms with van der Waals surface area (Å²) in [5.74, 6) is -1.47. The van der Waals surface area contributed by atoms with Crippen molar-refractivity contribution in [1.82, 2.24) is 0 Å². The molecule has 0 aliphatic heterocycles. The minimum Gasteiger partial charge on any atom is -0.299 e. The van der Waals surface area contributed by atoms with Gasteiger partial charge < -0.3 is 0 Å². The fraction of sp³-hybridized carbons (Fsp3) is 0.130. The number of ketones is 2. The van der Waals surface area contributed by atoms with Crippen LogP contribution in [0.5, 0.6) is 0 Å². The topological polar surface area (TPSA) is 34.1 Å². The Morgan fingerprint density at radius 1 is 0.731 bits per heavy atom. The predicted molar refractivity (Wildman–Crippen MR) is 105 cm³/mol. The largest absolute Gasteiger partial charge is 0.299 e. The van der Waals surface area contributed by atoms with Crippen molar-refractivity contribution >= 4 is 23.2 Å². The Morgan fingerprint density at radius 3 is 1.77 bits per heavy atom. The van der Waals surface area contributed by atoms with Crippen LogP contribution in [0.3, 0.4) is 0 Å². The second kappa shape index (κ2) is 8.11. The number of carbonyl (C=O) groups excluding carboxylic acids is 2. The van der Waals surface area contributed by atoms with Crippen LogP contribution in [0.4, 0.5) is 0 Å². The Kier molecular flexibility index (Phi) is 5.65. The first kappa shape index (κ1) is 18.1. The minimum absolute atomic E-state index is 0.150. The molecule has 0 saturated carbocycles. The Labute approximate surface area is 158 Å². The average Bonchev–Trinajstić information content (AvgIpc) is 2.67. The van der Waals surface area contributed by atoms with Crippen LogP contribution < -0.4 is 0 Å². The summed E-state index contributed by atoms with van der Waals surface area (Å²) in [6, 6.07) is 26.0. The molecule has 2 nitrogen and oxygen atoms in total. The molecule has 3 heteroatoms. The van der Waals surface area contributed by atoms with Gasteiger partial charge in [-0.15, -0.1) is 0 Å². The van der Waals surface area contributed by atoms with Crippen LogP contribution in [-0.4, -0.2) is 11.6 Å². The van der Waals surface area contributed by atoms with Gasteiger partial charge in [-0.25, -0.2) is 0 Å². The van der Waals surface area contributed by atoms with Crippen molar-refractivity contribution in [1.29, 1.82) is 0 Å². The van der Waals surface area contributed by atoms with Crippen LogP contribution in [0.2, 0.25) is 5.02 Å². The number of carbonyl (C=O) groups is 2. The van der Waals surface area contributed by atoms with Crippen molar-refractivity contribution in [2.75, 3.05) is 0 Å². The van der Waals surface area contributed by atoms with E-state index in [0.717, 1.165) is 11.1 Å². The molecule has 0 aromatic heterocycles. The molecule has 0 aliphatic rings. The molecule has 0 heterocycles. The van der Waals surface area contributed by atoms with Crippen LogP contribution in [0, 0.1) is 5.92 Å². The molecule has 0 radical (unpaired) electrons. The lowest BCUT2D eigenvalue weighted by molar-refractivity contribution is -0.119. The lowest BCUT2D eigenvalue weighted by Gasteiger charge is -2.25. The predicted octanol–water partition coefficient (Wildman–Crippen LogP) is 5.56. The van der Waals surface area contributed by atoms with Gasteiger partial charge in [0.15, 0.2) is 5.78 Å². The molecule has 0 fully saturated rings. The van der Waals surface area contributed by atoms with Crippen molar-refractivity contribution < 1.29 is 9.59 Å². The molecular weight excluding hydrogens is 344 g/mol. The molecule has 0 spiro atoms. The van der Waals surface area contributed by atoms with Crippen molar-refractivity contribution in [3.8, 4) is 0 Å². The highest BCUT2D eigenvalue weighted by Gasteiger charge is 2.35. The summed E-state index contributed by atoms with van der Waals surface area (Å²) in [5, 5.41) is 0.620. The molecule has 26 heavy (non-hydrogen) atoms. The maximum Gasteiger partial charge on any atom is 0.174 e. The fourth-order valence-corrected chi connectivity index (χ4v) is 3.39. The molecule has 2 unspecified atom stereocenters. The number of Topliss-reactive ketones (excluding diaryl/α,β-unsaturated/α-hetero) is 2. The summed E-state index contributed by atoms with van der Waals surface area (Å²) in [6.07, 6.45) is 0. The third kappa shape index (κ3) is 3.92. The number of rotatable bonds is 6. The van der Waals surface area contributed by atoms with Gasteiger partial charge in [0.1, 0.15) is 5.78 Å². The van der Waals surface area contributed by atoms with E-state index in [4.69, 9.17) is 11.6 Å². The molecule has 3 rings (SSSR count). The summed E-state index contributed by atoms with van der Waals surface area (Å²) in [4.78, 5) is 25.8. The maximum atomic E-state index is 13.2. The fourth-order valence-electron chi connectivity index (χ4n) is 3.26. The highest BCUT2D eigenvalue weighted by molar-refractivity contribution is 6.30. The molecule has 0 saturated heterocycles. The van der Waals surface area contributed by atoms with Crippen LogP contribution >= 0.6 is 11.6 Å². The average molecular weight is 363 g/mol. The lowest BCUT2D eigenvalue weighted by atomic mass is 9.75. The third-order valence-electron chi connectivity index (χ3n) is 4.50. The van der Waals surface area contributed by atoms with Gasteiger partial charge in [0.2, 0.25) is 0 Å². The monoisotopic (exact) mass is 362 g/mol. The molecule has 3 aromatic carbocycles. The van der Waals surface area contributed by atoms with E-state index in [-0.39, 0.29) is 17.5 Å². The molecule has 0 aliphatic carbocycles. The van der Waals surface area contributed by atoms with Gasteiger partial charge in [-0.1, -0.05) is 84.4 Å². The number of hydrogen-bond donors (Lipinski definition) is 0. The summed E-state index contributed by atoms with van der Waals surface area (Å²) in [6.45, 7) is 1.48. The summed E-state index contributed by atoms with van der Waals surface area (Å²) in [7, 11) is 0. The number of hydrogen-bond acceptors (Lipinski definition) is 2. The van der Waals surface area contributed by atoms with E-state index >= 15 is 0 Å². The van der Waals surface area contributed by atoms with Crippen molar-refractivity contribution in [2.24, 2.45) is 5.92 Å². The van der Waals surface area contributed by atoms with E-state index in [2.05, 4.69) is 0 Å². The molecule has 3 aromatic rings. The van der Waals surface area contributed by atoms with Gasteiger partial charge >= 0.3 is 0 Å². The standard InChI is InChI=1S/C23H19ClO2/c1-16(25)21(23(26)19-10-6-3-7-11-19)22(17-8-4-2-5-9-17)18-12-14-20(24)15-13-18/h2-15,21-22H,1H3. The zero-order valence-corrected chi connectivity index (χ0v) is 15.2. The Morgan fingerprint density at radius 2 is 1.23 bits per heavy atom. The number of halogens is 1. The third-order valence-corrected chi connectivity index (χ3v) is 4.75. The normalized spacial score (nSPS) is 13.0. The zero-order valence-electron chi connectivity index (χ0n) is 14.4. The Hall–Kier alpha value is -2.71. The van der Waals surface area contributed by atoms with Crippen LogP contribution in [-0.2, 0) is 4.79 Å². The second-order valence-electron chi connectivity index (χ2n) is 6.26. The maximum absolute atomic E-state index is 13.2. The van der Waals surface area contributed by atoms with Gasteiger partial charge in [0.05, 0.1) is 5.92 Å². The first-order valence-electron chi connectivity index (χ1n) is 8.48. The summed E-state index contributed by atoms with van der Waals surface area (Å²) >= 11 is 6.03. The number of benzene rings is 3. The molecular formula is C23H19ClO2. The lowest BCUT2D eigenvalue weighted by Crippen LogP contribution is -2.29. The summed E-state index contributed by atoms with van der Waals surface area (Å²) in [5.41, 5.74) is 2.37. The highest BCUT2D eigenvalue weighted by Crippen LogP contribution is 2.35. The quantitative estimate of drug-likeness (QED) is 0.425. The van der Waals surface area contributed by atoms with Gasteiger partial charge in [0.25, 0.3) is 0 Å². The zero-order chi connectivity index (χ0) is 18.5. The SMILES string of the molecule is CC(=O)C(C(=O)c1ccccc1)C(c1ccccc1)c1ccc(Cl)cc1.